The lowest BCUT2D eigenvalue weighted by atomic mass is 10.0. The van der Waals surface area contributed by atoms with Crippen molar-refractivity contribution >= 4 is 0 Å². The van der Waals surface area contributed by atoms with Crippen LogP contribution in [0.5, 0.6) is 5.75 Å². The maximum absolute atomic E-state index is 14.4. The molecule has 0 saturated carbocycles. The normalized spacial score (nSPS) is 11.1. The summed E-state index contributed by atoms with van der Waals surface area (Å²) in [5.74, 6) is -1.48. The molecule has 0 aliphatic rings. The van der Waals surface area contributed by atoms with Crippen molar-refractivity contribution in [3.05, 3.63) is 62.7 Å². The zero-order chi connectivity index (χ0) is 19.6. The van der Waals surface area contributed by atoms with E-state index < -0.39 is 40.1 Å². The van der Waals surface area contributed by atoms with Crippen LogP contribution in [0.25, 0.3) is 11.1 Å². The van der Waals surface area contributed by atoms with Crippen LogP contribution in [0.15, 0.2) is 34.4 Å². The molecule has 136 valence electrons. The van der Waals surface area contributed by atoms with Gasteiger partial charge in [0.25, 0.3) is 5.56 Å². The molecule has 0 unspecified atom stereocenters. The summed E-state index contributed by atoms with van der Waals surface area (Å²) >= 11 is 0. The highest BCUT2D eigenvalue weighted by Gasteiger charge is 2.39. The Morgan fingerprint density at radius 3 is 2.58 bits per heavy atom. The third kappa shape index (κ3) is 3.37. The van der Waals surface area contributed by atoms with Crippen LogP contribution in [-0.4, -0.2) is 16.2 Å². The zero-order valence-electron chi connectivity index (χ0n) is 13.3. The lowest BCUT2D eigenvalue weighted by molar-refractivity contribution is -0.143. The van der Waals surface area contributed by atoms with E-state index in [0.717, 1.165) is 13.1 Å². The van der Waals surface area contributed by atoms with Gasteiger partial charge in [-0.1, -0.05) is 12.7 Å². The number of nitriles is 1. The summed E-state index contributed by atoms with van der Waals surface area (Å²) in [4.78, 5) is 25.3. The third-order valence-electron chi connectivity index (χ3n) is 3.41. The lowest BCUT2D eigenvalue weighted by Gasteiger charge is -2.17. The van der Waals surface area contributed by atoms with Gasteiger partial charge in [0.2, 0.25) is 0 Å². The maximum Gasteiger partial charge on any atom is 0.432 e. The Bertz CT molecular complexity index is 1030. The third-order valence-corrected chi connectivity index (χ3v) is 3.41. The van der Waals surface area contributed by atoms with E-state index in [0.29, 0.717) is 6.07 Å². The fourth-order valence-electron chi connectivity index (χ4n) is 2.30. The summed E-state index contributed by atoms with van der Waals surface area (Å²) in [6, 6.07) is 3.10. The summed E-state index contributed by atoms with van der Waals surface area (Å²) in [6.07, 6.45) is -3.80. The van der Waals surface area contributed by atoms with Gasteiger partial charge in [-0.3, -0.25) is 14.3 Å². The molecule has 0 fully saturated rings. The first-order chi connectivity index (χ1) is 12.1. The molecule has 10 heteroatoms. The van der Waals surface area contributed by atoms with Crippen LogP contribution < -0.4 is 16.0 Å². The maximum atomic E-state index is 14.4. The molecule has 2 aromatic rings. The first kappa shape index (κ1) is 19.0. The van der Waals surface area contributed by atoms with Crippen LogP contribution in [-0.2, 0) is 13.2 Å². The summed E-state index contributed by atoms with van der Waals surface area (Å²) in [6.45, 7) is 3.29. The van der Waals surface area contributed by atoms with E-state index in [1.165, 1.54) is 6.08 Å². The number of benzene rings is 1. The Morgan fingerprint density at radius 2 is 2.04 bits per heavy atom. The molecule has 0 atom stereocenters. The van der Waals surface area contributed by atoms with Crippen molar-refractivity contribution in [2.45, 2.75) is 6.18 Å². The topological polar surface area (TPSA) is 87.9 Å². The SMILES string of the molecule is C=CCOc1cc(-c2c(C(F)(F)F)n(C)c(=O)[nH]c2=O)c(F)cc1C#N. The second-order valence-corrected chi connectivity index (χ2v) is 5.08. The number of hydrogen-bond acceptors (Lipinski definition) is 4. The number of nitrogens with zero attached hydrogens (tertiary/aromatic N) is 2. The number of aromatic amines is 1. The predicted octanol–water partition coefficient (Wildman–Crippen LogP) is 2.33. The molecule has 6 nitrogen and oxygen atoms in total. The first-order valence-electron chi connectivity index (χ1n) is 7.00. The molecule has 2 rings (SSSR count). The van der Waals surface area contributed by atoms with Crippen LogP contribution in [0, 0.1) is 17.1 Å². The summed E-state index contributed by atoms with van der Waals surface area (Å²) < 4.78 is 59.9. The fourth-order valence-corrected chi connectivity index (χ4v) is 2.30. The van der Waals surface area contributed by atoms with Gasteiger partial charge in [0.05, 0.1) is 11.1 Å². The fraction of sp³-hybridized carbons (Fsp3) is 0.188. The molecule has 1 N–H and O–H groups in total. The summed E-state index contributed by atoms with van der Waals surface area (Å²) in [5, 5.41) is 9.01. The summed E-state index contributed by atoms with van der Waals surface area (Å²) in [7, 11) is 0.793. The van der Waals surface area contributed by atoms with Crippen LogP contribution in [0.2, 0.25) is 0 Å². The van der Waals surface area contributed by atoms with Gasteiger partial charge in [-0.2, -0.15) is 18.4 Å². The molecule has 26 heavy (non-hydrogen) atoms. The largest absolute Gasteiger partial charge is 0.488 e. The van der Waals surface area contributed by atoms with Gasteiger partial charge in [0, 0.05) is 12.6 Å². The van der Waals surface area contributed by atoms with Crippen LogP contribution in [0.4, 0.5) is 17.6 Å². The second kappa shape index (κ2) is 6.87. The van der Waals surface area contributed by atoms with E-state index in [1.807, 2.05) is 0 Å². The second-order valence-electron chi connectivity index (χ2n) is 5.08. The smallest absolute Gasteiger partial charge is 0.432 e. The van der Waals surface area contributed by atoms with Gasteiger partial charge in [-0.25, -0.2) is 9.18 Å². The average molecular weight is 369 g/mol. The molecule has 0 radical (unpaired) electrons. The van der Waals surface area contributed by atoms with Crippen molar-refractivity contribution in [2.24, 2.45) is 7.05 Å². The quantitative estimate of drug-likeness (QED) is 0.662. The molecule has 0 aliphatic heterocycles. The van der Waals surface area contributed by atoms with Crippen molar-refractivity contribution in [3.63, 3.8) is 0 Å². The standard InChI is InChI=1S/C16H11F4N3O3/c1-3-4-26-11-6-9(10(17)5-8(11)7-21)12-13(16(18,19)20)23(2)15(25)22-14(12)24/h3,5-6H,1,4H2,2H3,(H,22,24,25). The lowest BCUT2D eigenvalue weighted by Crippen LogP contribution is -2.35. The number of ether oxygens (including phenoxy) is 1. The van der Waals surface area contributed by atoms with Crippen molar-refractivity contribution in [3.8, 4) is 22.9 Å². The Hall–Kier alpha value is -3.35. The monoisotopic (exact) mass is 369 g/mol. The number of alkyl halides is 3. The number of halogens is 4. The molecule has 0 spiro atoms. The molecular formula is C16H11F4N3O3. The van der Waals surface area contributed by atoms with E-state index in [2.05, 4.69) is 6.58 Å². The van der Waals surface area contributed by atoms with E-state index in [9.17, 15) is 27.2 Å². The van der Waals surface area contributed by atoms with Gasteiger partial charge in [0.15, 0.2) is 0 Å². The highest BCUT2D eigenvalue weighted by molar-refractivity contribution is 5.70. The Labute approximate surface area is 143 Å². The van der Waals surface area contributed by atoms with E-state index in [4.69, 9.17) is 10.00 Å². The van der Waals surface area contributed by atoms with Crippen molar-refractivity contribution < 1.29 is 22.3 Å². The molecule has 1 aromatic heterocycles. The summed E-state index contributed by atoms with van der Waals surface area (Å²) in [5.41, 5.74) is -6.47. The molecule has 0 bridgehead atoms. The molecule has 0 amide bonds. The van der Waals surface area contributed by atoms with Gasteiger partial charge in [0.1, 0.15) is 29.9 Å². The molecular weight excluding hydrogens is 358 g/mol. The number of H-pyrrole nitrogens is 1. The highest BCUT2D eigenvalue weighted by atomic mass is 19.4. The minimum absolute atomic E-state index is 0.102. The Morgan fingerprint density at radius 1 is 1.38 bits per heavy atom. The first-order valence-corrected chi connectivity index (χ1v) is 7.00. The predicted molar refractivity (Wildman–Crippen MR) is 83.1 cm³/mol. The molecule has 1 aromatic carbocycles. The number of aromatic nitrogens is 2. The van der Waals surface area contributed by atoms with Gasteiger partial charge in [-0.15, -0.1) is 0 Å². The van der Waals surface area contributed by atoms with Crippen LogP contribution in [0.3, 0.4) is 0 Å². The minimum Gasteiger partial charge on any atom is -0.488 e. The van der Waals surface area contributed by atoms with Crippen molar-refractivity contribution in [1.29, 1.82) is 5.26 Å². The molecule has 1 heterocycles. The number of hydrogen-bond donors (Lipinski definition) is 1. The zero-order valence-corrected chi connectivity index (χ0v) is 13.3. The number of nitrogens with one attached hydrogen (secondary N) is 1. The van der Waals surface area contributed by atoms with E-state index in [1.54, 1.807) is 11.1 Å². The Kier molecular flexibility index (Phi) is 5.02. The molecule has 0 saturated heterocycles. The van der Waals surface area contributed by atoms with E-state index >= 15 is 0 Å². The van der Waals surface area contributed by atoms with Gasteiger partial charge < -0.3 is 4.74 Å². The minimum atomic E-state index is -5.11. The van der Waals surface area contributed by atoms with Crippen LogP contribution >= 0.6 is 0 Å². The molecule has 0 aliphatic carbocycles. The van der Waals surface area contributed by atoms with Crippen molar-refractivity contribution in [2.75, 3.05) is 6.61 Å². The van der Waals surface area contributed by atoms with Gasteiger partial charge >= 0.3 is 11.9 Å². The van der Waals surface area contributed by atoms with E-state index in [-0.39, 0.29) is 22.5 Å². The Balaban J connectivity index is 2.91. The number of rotatable bonds is 4. The van der Waals surface area contributed by atoms with Gasteiger partial charge in [-0.05, 0) is 12.1 Å². The van der Waals surface area contributed by atoms with Crippen LogP contribution in [0.1, 0.15) is 11.3 Å². The average Bonchev–Trinajstić information content (AvgIpc) is 2.55. The highest BCUT2D eigenvalue weighted by Crippen LogP contribution is 2.37. The van der Waals surface area contributed by atoms with Crippen molar-refractivity contribution in [1.82, 2.24) is 9.55 Å².